The normalized spacial score (nSPS) is 22.0. The van der Waals surface area contributed by atoms with E-state index in [2.05, 4.69) is 15.2 Å². The van der Waals surface area contributed by atoms with E-state index in [1.54, 1.807) is 12.4 Å². The molecular weight excluding hydrogens is 290 g/mol. The van der Waals surface area contributed by atoms with Gasteiger partial charge in [-0.15, -0.1) is 0 Å². The van der Waals surface area contributed by atoms with Crippen molar-refractivity contribution in [3.63, 3.8) is 0 Å². The van der Waals surface area contributed by atoms with Crippen LogP contribution in [0.1, 0.15) is 45.4 Å². The molecule has 1 aliphatic carbocycles. The number of aromatic nitrogens is 1. The van der Waals surface area contributed by atoms with Crippen LogP contribution in [0.3, 0.4) is 0 Å². The predicted molar refractivity (Wildman–Crippen MR) is 89.3 cm³/mol. The maximum absolute atomic E-state index is 12.9. The molecule has 2 aliphatic rings. The van der Waals surface area contributed by atoms with Gasteiger partial charge >= 0.3 is 0 Å². The average Bonchev–Trinajstić information content (AvgIpc) is 3.25. The van der Waals surface area contributed by atoms with Crippen molar-refractivity contribution >= 4 is 5.91 Å². The Morgan fingerprint density at radius 1 is 1.35 bits per heavy atom. The van der Waals surface area contributed by atoms with E-state index in [0.29, 0.717) is 6.54 Å². The minimum absolute atomic E-state index is 0.0693. The summed E-state index contributed by atoms with van der Waals surface area (Å²) in [6.45, 7) is 4.64. The van der Waals surface area contributed by atoms with E-state index in [1.807, 2.05) is 19.1 Å². The topological polar surface area (TPSA) is 54.5 Å². The monoisotopic (exact) mass is 317 g/mol. The number of nitrogens with zero attached hydrogens (tertiary/aromatic N) is 2. The molecule has 3 rings (SSSR count). The van der Waals surface area contributed by atoms with Crippen LogP contribution in [0.2, 0.25) is 0 Å². The van der Waals surface area contributed by atoms with Crippen molar-refractivity contribution in [1.29, 1.82) is 0 Å². The Morgan fingerprint density at radius 2 is 2.09 bits per heavy atom. The van der Waals surface area contributed by atoms with Gasteiger partial charge in [0, 0.05) is 6.20 Å². The molecule has 1 aromatic rings. The molecule has 1 atom stereocenters. The lowest BCUT2D eigenvalue weighted by Crippen LogP contribution is -2.57. The third-order valence-corrected chi connectivity index (χ3v) is 5.09. The van der Waals surface area contributed by atoms with Gasteiger partial charge in [-0.25, -0.2) is 0 Å². The fourth-order valence-corrected chi connectivity index (χ4v) is 3.88. The molecule has 0 spiro atoms. The smallest absolute Gasteiger partial charge is 0.240 e. The molecule has 1 amide bonds. The zero-order valence-electron chi connectivity index (χ0n) is 14.0. The number of carbonyl (C=O) groups is 1. The van der Waals surface area contributed by atoms with E-state index >= 15 is 0 Å². The van der Waals surface area contributed by atoms with Crippen molar-refractivity contribution in [2.45, 2.75) is 57.1 Å². The quantitative estimate of drug-likeness (QED) is 0.875. The molecule has 0 aromatic carbocycles. The molecule has 1 N–H and O–H groups in total. The molecule has 0 bridgehead atoms. The van der Waals surface area contributed by atoms with Crippen LogP contribution in [0.25, 0.3) is 0 Å². The molecule has 2 heterocycles. The molecule has 23 heavy (non-hydrogen) atoms. The number of ether oxygens (including phenoxy) is 1. The minimum Gasteiger partial charge on any atom is -0.487 e. The standard InChI is InChI=1S/C18H27N3O2/c1-15(23-16-7-6-10-19-14-16)13-20-17(22)18(8-2-3-9-18)21-11-4-5-12-21/h6-7,10,14-15H,2-5,8-9,11-13H2,1H3,(H,20,22)/t15-/m0/s1. The second kappa shape index (κ2) is 7.30. The first-order valence-corrected chi connectivity index (χ1v) is 8.81. The number of nitrogens with one attached hydrogen (secondary N) is 1. The highest BCUT2D eigenvalue weighted by Crippen LogP contribution is 2.37. The molecule has 1 saturated heterocycles. The lowest BCUT2D eigenvalue weighted by Gasteiger charge is -2.37. The van der Waals surface area contributed by atoms with Gasteiger partial charge in [0.1, 0.15) is 17.4 Å². The zero-order chi connectivity index (χ0) is 16.1. The summed E-state index contributed by atoms with van der Waals surface area (Å²) in [5.74, 6) is 0.933. The van der Waals surface area contributed by atoms with Crippen molar-refractivity contribution in [2.24, 2.45) is 0 Å². The molecule has 2 fully saturated rings. The highest BCUT2D eigenvalue weighted by Gasteiger charge is 2.46. The fraction of sp³-hybridized carbons (Fsp3) is 0.667. The van der Waals surface area contributed by atoms with Crippen LogP contribution in [0.15, 0.2) is 24.5 Å². The van der Waals surface area contributed by atoms with Crippen LogP contribution in [0.5, 0.6) is 5.75 Å². The van der Waals surface area contributed by atoms with Gasteiger partial charge in [0.2, 0.25) is 5.91 Å². The van der Waals surface area contributed by atoms with E-state index in [1.165, 1.54) is 12.8 Å². The maximum Gasteiger partial charge on any atom is 0.240 e. The average molecular weight is 317 g/mol. The Kier molecular flexibility index (Phi) is 5.16. The number of likely N-dealkylation sites (tertiary alicyclic amines) is 1. The lowest BCUT2D eigenvalue weighted by molar-refractivity contribution is -0.133. The summed E-state index contributed by atoms with van der Waals surface area (Å²) >= 11 is 0. The predicted octanol–water partition coefficient (Wildman–Crippen LogP) is 2.37. The van der Waals surface area contributed by atoms with Gasteiger partial charge in [0.05, 0.1) is 12.7 Å². The highest BCUT2D eigenvalue weighted by molar-refractivity contribution is 5.86. The summed E-state index contributed by atoms with van der Waals surface area (Å²) in [6, 6.07) is 3.73. The van der Waals surface area contributed by atoms with E-state index < -0.39 is 0 Å². The van der Waals surface area contributed by atoms with Crippen LogP contribution in [-0.4, -0.2) is 47.1 Å². The summed E-state index contributed by atoms with van der Waals surface area (Å²) < 4.78 is 5.79. The van der Waals surface area contributed by atoms with Gasteiger partial charge in [0.25, 0.3) is 0 Å². The third-order valence-electron chi connectivity index (χ3n) is 5.09. The van der Waals surface area contributed by atoms with Gasteiger partial charge in [-0.05, 0) is 57.8 Å². The maximum atomic E-state index is 12.9. The van der Waals surface area contributed by atoms with Crippen LogP contribution >= 0.6 is 0 Å². The Bertz CT molecular complexity index is 508. The Balaban J connectivity index is 1.55. The number of rotatable bonds is 6. The van der Waals surface area contributed by atoms with Crippen molar-refractivity contribution in [3.8, 4) is 5.75 Å². The summed E-state index contributed by atoms with van der Waals surface area (Å²) in [6.07, 6.45) is 10.1. The summed E-state index contributed by atoms with van der Waals surface area (Å²) in [7, 11) is 0. The van der Waals surface area contributed by atoms with Crippen molar-refractivity contribution in [2.75, 3.05) is 19.6 Å². The summed E-state index contributed by atoms with van der Waals surface area (Å²) in [5, 5.41) is 3.14. The number of pyridine rings is 1. The van der Waals surface area contributed by atoms with E-state index in [4.69, 9.17) is 4.74 Å². The number of amides is 1. The van der Waals surface area contributed by atoms with Crippen LogP contribution in [0, 0.1) is 0 Å². The first-order chi connectivity index (χ1) is 11.2. The number of carbonyl (C=O) groups excluding carboxylic acids is 1. The van der Waals surface area contributed by atoms with Gasteiger partial charge in [-0.1, -0.05) is 12.8 Å². The van der Waals surface area contributed by atoms with Gasteiger partial charge in [0.15, 0.2) is 0 Å². The van der Waals surface area contributed by atoms with Gasteiger partial charge in [-0.2, -0.15) is 0 Å². The molecule has 1 aromatic heterocycles. The van der Waals surface area contributed by atoms with Crippen LogP contribution < -0.4 is 10.1 Å². The zero-order valence-corrected chi connectivity index (χ0v) is 14.0. The second-order valence-electron chi connectivity index (χ2n) is 6.76. The van der Waals surface area contributed by atoms with Crippen molar-refractivity contribution in [3.05, 3.63) is 24.5 Å². The van der Waals surface area contributed by atoms with Crippen molar-refractivity contribution in [1.82, 2.24) is 15.2 Å². The Labute approximate surface area is 138 Å². The number of hydrogen-bond donors (Lipinski definition) is 1. The lowest BCUT2D eigenvalue weighted by atomic mass is 9.94. The van der Waals surface area contributed by atoms with Crippen LogP contribution in [-0.2, 0) is 4.79 Å². The minimum atomic E-state index is -0.259. The van der Waals surface area contributed by atoms with Crippen molar-refractivity contribution < 1.29 is 9.53 Å². The van der Waals surface area contributed by atoms with Gasteiger partial charge in [-0.3, -0.25) is 14.7 Å². The van der Waals surface area contributed by atoms with E-state index in [-0.39, 0.29) is 17.6 Å². The van der Waals surface area contributed by atoms with E-state index in [0.717, 1.165) is 44.5 Å². The molecule has 1 saturated carbocycles. The molecule has 0 unspecified atom stereocenters. The molecule has 0 radical (unpaired) electrons. The van der Waals surface area contributed by atoms with E-state index in [9.17, 15) is 4.79 Å². The van der Waals surface area contributed by atoms with Gasteiger partial charge < -0.3 is 10.1 Å². The summed E-state index contributed by atoms with van der Waals surface area (Å²) in [4.78, 5) is 19.3. The largest absolute Gasteiger partial charge is 0.487 e. The van der Waals surface area contributed by atoms with Crippen LogP contribution in [0.4, 0.5) is 0 Å². The molecular formula is C18H27N3O2. The highest BCUT2D eigenvalue weighted by atomic mass is 16.5. The molecule has 1 aliphatic heterocycles. The summed E-state index contributed by atoms with van der Waals surface area (Å²) in [5.41, 5.74) is -0.259. The number of hydrogen-bond acceptors (Lipinski definition) is 4. The Hall–Kier alpha value is -1.62. The Morgan fingerprint density at radius 3 is 2.74 bits per heavy atom. The third kappa shape index (κ3) is 3.66. The fourth-order valence-electron chi connectivity index (χ4n) is 3.88. The SMILES string of the molecule is C[C@@H](CNC(=O)C1(N2CCCC2)CCCC1)Oc1cccnc1. The first kappa shape index (κ1) is 16.2. The molecule has 5 heteroatoms. The molecule has 126 valence electrons. The molecule has 5 nitrogen and oxygen atoms in total. The first-order valence-electron chi connectivity index (χ1n) is 8.81. The second-order valence-corrected chi connectivity index (χ2v) is 6.76.